The second-order valence-corrected chi connectivity index (χ2v) is 5.90. The Labute approximate surface area is 142 Å². The quantitative estimate of drug-likeness (QED) is 0.571. The minimum atomic E-state index is -0.286. The van der Waals surface area contributed by atoms with Gasteiger partial charge in [-0.25, -0.2) is 4.39 Å². The molecule has 120 valence electrons. The maximum atomic E-state index is 14.5. The van der Waals surface area contributed by atoms with Crippen molar-refractivity contribution < 1.29 is 4.39 Å². The average Bonchev–Trinajstić information content (AvgIpc) is 2.74. The summed E-state index contributed by atoms with van der Waals surface area (Å²) in [7, 11) is 1.99. The van der Waals surface area contributed by atoms with Crippen molar-refractivity contribution in [3.63, 3.8) is 0 Å². The maximum absolute atomic E-state index is 14.5. The van der Waals surface area contributed by atoms with Crippen molar-refractivity contribution in [2.75, 3.05) is 0 Å². The predicted molar refractivity (Wildman–Crippen MR) is 98.4 cm³/mol. The molecule has 2 aromatic rings. The Balaban J connectivity index is 2.83. The first-order valence-corrected chi connectivity index (χ1v) is 7.87. The van der Waals surface area contributed by atoms with Crippen LogP contribution in [0.5, 0.6) is 0 Å². The van der Waals surface area contributed by atoms with E-state index < -0.39 is 0 Å². The lowest BCUT2D eigenvalue weighted by molar-refractivity contribution is 0.671. The smallest absolute Gasteiger partial charge is 0.130 e. The van der Waals surface area contributed by atoms with E-state index in [1.165, 1.54) is 6.08 Å². The normalized spacial score (nSPS) is 12.6. The molecule has 0 aliphatic heterocycles. The fourth-order valence-corrected chi connectivity index (χ4v) is 2.90. The first-order valence-electron chi connectivity index (χ1n) is 7.49. The standard InChI is InChI=1S/C20H21ClFN/c1-6-8-18(22)17(7-2)19-13(3)14(4)23(5)20(19)15-9-11-16(21)12-10-15/h6-12H,2H2,1,3-5H3/b8-6-,18-17-. The van der Waals surface area contributed by atoms with Crippen LogP contribution in [0.1, 0.15) is 23.7 Å². The molecular formula is C20H21ClFN. The highest BCUT2D eigenvalue weighted by Crippen LogP contribution is 2.37. The number of hydrogen-bond donors (Lipinski definition) is 0. The second kappa shape index (κ2) is 7.01. The van der Waals surface area contributed by atoms with E-state index in [0.29, 0.717) is 10.6 Å². The van der Waals surface area contributed by atoms with E-state index in [0.717, 1.165) is 28.1 Å². The Hall–Kier alpha value is -2.06. The molecular weight excluding hydrogens is 309 g/mol. The zero-order chi connectivity index (χ0) is 17.1. The largest absolute Gasteiger partial charge is 0.347 e. The van der Waals surface area contributed by atoms with Crippen LogP contribution in [-0.4, -0.2) is 4.57 Å². The van der Waals surface area contributed by atoms with Gasteiger partial charge in [0.25, 0.3) is 0 Å². The molecule has 0 amide bonds. The number of hydrogen-bond acceptors (Lipinski definition) is 0. The highest BCUT2D eigenvalue weighted by molar-refractivity contribution is 6.30. The van der Waals surface area contributed by atoms with Crippen LogP contribution in [0.25, 0.3) is 16.8 Å². The lowest BCUT2D eigenvalue weighted by atomic mass is 9.96. The molecule has 1 aromatic heterocycles. The highest BCUT2D eigenvalue weighted by atomic mass is 35.5. The summed E-state index contributed by atoms with van der Waals surface area (Å²) >= 11 is 6.00. The summed E-state index contributed by atoms with van der Waals surface area (Å²) in [6.07, 6.45) is 4.73. The Bertz CT molecular complexity index is 792. The fourth-order valence-electron chi connectivity index (χ4n) is 2.78. The van der Waals surface area contributed by atoms with E-state index in [1.54, 1.807) is 19.1 Å². The maximum Gasteiger partial charge on any atom is 0.130 e. The number of aromatic nitrogens is 1. The second-order valence-electron chi connectivity index (χ2n) is 5.47. The van der Waals surface area contributed by atoms with Crippen LogP contribution in [0.4, 0.5) is 4.39 Å². The monoisotopic (exact) mass is 329 g/mol. The molecule has 0 spiro atoms. The van der Waals surface area contributed by atoms with E-state index >= 15 is 0 Å². The third-order valence-electron chi connectivity index (χ3n) is 4.15. The minimum Gasteiger partial charge on any atom is -0.347 e. The van der Waals surface area contributed by atoms with Gasteiger partial charge in [0.2, 0.25) is 0 Å². The molecule has 0 bridgehead atoms. The molecule has 0 aliphatic carbocycles. The van der Waals surface area contributed by atoms with E-state index in [1.807, 2.05) is 45.2 Å². The molecule has 2 rings (SSSR count). The van der Waals surface area contributed by atoms with Crippen LogP contribution < -0.4 is 0 Å². The van der Waals surface area contributed by atoms with Crippen LogP contribution in [0.15, 0.2) is 54.9 Å². The lowest BCUT2D eigenvalue weighted by Gasteiger charge is -2.11. The summed E-state index contributed by atoms with van der Waals surface area (Å²) in [5, 5.41) is 0.678. The molecule has 0 saturated heterocycles. The van der Waals surface area contributed by atoms with Gasteiger partial charge in [-0.1, -0.05) is 42.5 Å². The molecule has 1 nitrogen and oxygen atoms in total. The van der Waals surface area contributed by atoms with Crippen molar-refractivity contribution in [2.45, 2.75) is 20.8 Å². The van der Waals surface area contributed by atoms with E-state index in [4.69, 9.17) is 11.6 Å². The van der Waals surface area contributed by atoms with Gasteiger partial charge < -0.3 is 4.57 Å². The average molecular weight is 330 g/mol. The van der Waals surface area contributed by atoms with Crippen molar-refractivity contribution in [1.29, 1.82) is 0 Å². The van der Waals surface area contributed by atoms with Gasteiger partial charge in [0.05, 0.1) is 5.69 Å². The number of rotatable bonds is 4. The van der Waals surface area contributed by atoms with Crippen LogP contribution in [0.3, 0.4) is 0 Å². The van der Waals surface area contributed by atoms with Crippen LogP contribution in [0.2, 0.25) is 5.02 Å². The molecule has 0 aliphatic rings. The van der Waals surface area contributed by atoms with Crippen LogP contribution >= 0.6 is 11.6 Å². The van der Waals surface area contributed by atoms with E-state index in [9.17, 15) is 4.39 Å². The first-order chi connectivity index (χ1) is 10.9. The Morgan fingerprint density at radius 2 is 1.83 bits per heavy atom. The molecule has 1 heterocycles. The highest BCUT2D eigenvalue weighted by Gasteiger charge is 2.20. The predicted octanol–water partition coefficient (Wildman–Crippen LogP) is 6.41. The Morgan fingerprint density at radius 1 is 1.22 bits per heavy atom. The zero-order valence-electron chi connectivity index (χ0n) is 14.0. The van der Waals surface area contributed by atoms with Gasteiger partial charge in [-0.05, 0) is 50.1 Å². The van der Waals surface area contributed by atoms with Gasteiger partial charge in [0.1, 0.15) is 5.83 Å². The number of nitrogens with zero attached hydrogens (tertiary/aromatic N) is 1. The summed E-state index contributed by atoms with van der Waals surface area (Å²) in [5.74, 6) is -0.286. The van der Waals surface area contributed by atoms with Gasteiger partial charge in [0, 0.05) is 28.9 Å². The van der Waals surface area contributed by atoms with E-state index in [-0.39, 0.29) is 5.83 Å². The minimum absolute atomic E-state index is 0.286. The molecule has 0 saturated carbocycles. The molecule has 1 aromatic carbocycles. The molecule has 0 unspecified atom stereocenters. The lowest BCUT2D eigenvalue weighted by Crippen LogP contribution is -1.96. The number of allylic oxidation sites excluding steroid dienone is 5. The Morgan fingerprint density at radius 3 is 2.35 bits per heavy atom. The zero-order valence-corrected chi connectivity index (χ0v) is 14.7. The van der Waals surface area contributed by atoms with E-state index in [2.05, 4.69) is 11.1 Å². The van der Waals surface area contributed by atoms with Gasteiger partial charge in [-0.3, -0.25) is 0 Å². The van der Waals surface area contributed by atoms with Gasteiger partial charge in [-0.15, -0.1) is 0 Å². The SMILES string of the molecule is C=C/C(=C(F)\C=C/C)c1c(C)c(C)n(C)c1-c1ccc(Cl)cc1. The summed E-state index contributed by atoms with van der Waals surface area (Å²) in [6, 6.07) is 7.60. The molecule has 0 radical (unpaired) electrons. The molecule has 23 heavy (non-hydrogen) atoms. The van der Waals surface area contributed by atoms with Crippen molar-refractivity contribution in [1.82, 2.24) is 4.57 Å². The topological polar surface area (TPSA) is 4.93 Å². The Kier molecular flexibility index (Phi) is 5.27. The molecule has 0 atom stereocenters. The van der Waals surface area contributed by atoms with Crippen molar-refractivity contribution in [2.24, 2.45) is 7.05 Å². The molecule has 0 fully saturated rings. The van der Waals surface area contributed by atoms with Gasteiger partial charge >= 0.3 is 0 Å². The van der Waals surface area contributed by atoms with Gasteiger partial charge in [0.15, 0.2) is 0 Å². The fraction of sp³-hybridized carbons (Fsp3) is 0.200. The third-order valence-corrected chi connectivity index (χ3v) is 4.41. The van der Waals surface area contributed by atoms with Crippen molar-refractivity contribution in [3.05, 3.63) is 76.7 Å². The third kappa shape index (κ3) is 3.18. The van der Waals surface area contributed by atoms with Crippen molar-refractivity contribution in [3.8, 4) is 11.3 Å². The number of benzene rings is 1. The molecule has 3 heteroatoms. The summed E-state index contributed by atoms with van der Waals surface area (Å²) in [5.41, 5.74) is 5.48. The summed E-state index contributed by atoms with van der Waals surface area (Å²) in [4.78, 5) is 0. The number of halogens is 2. The summed E-state index contributed by atoms with van der Waals surface area (Å²) < 4.78 is 16.6. The van der Waals surface area contributed by atoms with Gasteiger partial charge in [-0.2, -0.15) is 0 Å². The van der Waals surface area contributed by atoms with Crippen LogP contribution in [0, 0.1) is 13.8 Å². The first kappa shape index (κ1) is 17.3. The van der Waals surface area contributed by atoms with Crippen molar-refractivity contribution >= 4 is 17.2 Å². The summed E-state index contributed by atoms with van der Waals surface area (Å²) in [6.45, 7) is 9.65. The van der Waals surface area contributed by atoms with Crippen LogP contribution in [-0.2, 0) is 7.05 Å². The molecule has 0 N–H and O–H groups in total.